The maximum Gasteiger partial charge on any atom is 0.416 e. The Labute approximate surface area is 126 Å². The minimum atomic E-state index is -4.60. The number of halogens is 3. The largest absolute Gasteiger partial charge is 0.416 e. The van der Waals surface area contributed by atoms with E-state index in [-0.39, 0.29) is 0 Å². The molecule has 0 saturated heterocycles. The van der Waals surface area contributed by atoms with Crippen molar-refractivity contribution in [1.82, 2.24) is 9.71 Å². The van der Waals surface area contributed by atoms with Gasteiger partial charge in [0.05, 0.1) is 10.5 Å². The monoisotopic (exact) mass is 330 g/mol. The number of pyridine rings is 1. The van der Waals surface area contributed by atoms with Gasteiger partial charge in [-0.2, -0.15) is 13.2 Å². The summed E-state index contributed by atoms with van der Waals surface area (Å²) < 4.78 is 64.7. The van der Waals surface area contributed by atoms with E-state index in [1.54, 1.807) is 19.1 Å². The van der Waals surface area contributed by atoms with E-state index >= 15 is 0 Å². The van der Waals surface area contributed by atoms with Crippen LogP contribution in [0.25, 0.3) is 0 Å². The van der Waals surface area contributed by atoms with E-state index in [0.717, 1.165) is 18.2 Å². The molecule has 0 bridgehead atoms. The third kappa shape index (κ3) is 3.83. The first-order valence-corrected chi connectivity index (χ1v) is 7.78. The van der Waals surface area contributed by atoms with Crippen LogP contribution < -0.4 is 4.72 Å². The van der Waals surface area contributed by atoms with Crippen LogP contribution in [0.1, 0.15) is 24.1 Å². The number of aromatic nitrogens is 1. The van der Waals surface area contributed by atoms with E-state index in [1.165, 1.54) is 12.4 Å². The molecule has 118 valence electrons. The van der Waals surface area contributed by atoms with Gasteiger partial charge in [-0.15, -0.1) is 0 Å². The minimum Gasteiger partial charge on any atom is -0.264 e. The Kier molecular flexibility index (Phi) is 4.52. The van der Waals surface area contributed by atoms with Crippen LogP contribution in [0.2, 0.25) is 0 Å². The molecular formula is C14H13F3N2O2S. The molecule has 2 rings (SSSR count). The van der Waals surface area contributed by atoms with Gasteiger partial charge in [0.1, 0.15) is 0 Å². The van der Waals surface area contributed by atoms with E-state index in [1.807, 2.05) is 0 Å². The summed E-state index contributed by atoms with van der Waals surface area (Å²) in [7, 11) is -4.07. The number of sulfonamides is 1. The van der Waals surface area contributed by atoms with Crippen LogP contribution in [-0.4, -0.2) is 13.4 Å². The maximum atomic E-state index is 12.7. The zero-order chi connectivity index (χ0) is 16.4. The van der Waals surface area contributed by atoms with E-state index in [2.05, 4.69) is 9.71 Å². The standard InChI is InChI=1S/C14H13F3N2O2S/c1-10(11-4-3-7-18-9-11)19-22(20,21)13-6-2-5-12(8-13)14(15,16)17/h2-10,19H,1H3/t10-/m0/s1. The predicted molar refractivity (Wildman–Crippen MR) is 74.4 cm³/mol. The average Bonchev–Trinajstić information content (AvgIpc) is 2.47. The lowest BCUT2D eigenvalue weighted by Crippen LogP contribution is -2.27. The zero-order valence-electron chi connectivity index (χ0n) is 11.5. The molecule has 0 aliphatic carbocycles. The summed E-state index contributed by atoms with van der Waals surface area (Å²) >= 11 is 0. The number of hydrogen-bond donors (Lipinski definition) is 1. The lowest BCUT2D eigenvalue weighted by molar-refractivity contribution is -0.137. The molecule has 1 aromatic carbocycles. The van der Waals surface area contributed by atoms with Crippen LogP contribution in [0.4, 0.5) is 13.2 Å². The Hall–Kier alpha value is -1.93. The summed E-state index contributed by atoms with van der Waals surface area (Å²) in [4.78, 5) is 3.44. The second-order valence-corrected chi connectivity index (χ2v) is 6.37. The topological polar surface area (TPSA) is 59.1 Å². The van der Waals surface area contributed by atoms with Gasteiger partial charge in [-0.05, 0) is 36.8 Å². The van der Waals surface area contributed by atoms with Crippen molar-refractivity contribution in [3.63, 3.8) is 0 Å². The molecule has 4 nitrogen and oxygen atoms in total. The average molecular weight is 330 g/mol. The summed E-state index contributed by atoms with van der Waals surface area (Å²) in [5, 5.41) is 0. The molecule has 0 aliphatic rings. The van der Waals surface area contributed by atoms with Crippen molar-refractivity contribution < 1.29 is 21.6 Å². The van der Waals surface area contributed by atoms with Crippen molar-refractivity contribution in [2.24, 2.45) is 0 Å². The van der Waals surface area contributed by atoms with E-state index in [9.17, 15) is 21.6 Å². The summed E-state index contributed by atoms with van der Waals surface area (Å²) in [5.41, 5.74) is -0.401. The lowest BCUT2D eigenvalue weighted by atomic mass is 10.2. The molecular weight excluding hydrogens is 317 g/mol. The zero-order valence-corrected chi connectivity index (χ0v) is 12.3. The van der Waals surface area contributed by atoms with Crippen molar-refractivity contribution in [2.75, 3.05) is 0 Å². The number of nitrogens with one attached hydrogen (secondary N) is 1. The first-order chi connectivity index (χ1) is 10.2. The van der Waals surface area contributed by atoms with E-state index < -0.39 is 32.7 Å². The number of rotatable bonds is 4. The van der Waals surface area contributed by atoms with E-state index in [0.29, 0.717) is 11.6 Å². The Morgan fingerprint density at radius 3 is 2.50 bits per heavy atom. The van der Waals surface area contributed by atoms with Crippen molar-refractivity contribution >= 4 is 10.0 Å². The first kappa shape index (κ1) is 16.4. The fourth-order valence-electron chi connectivity index (χ4n) is 1.84. The van der Waals surface area contributed by atoms with Crippen LogP contribution in [-0.2, 0) is 16.2 Å². The maximum absolute atomic E-state index is 12.7. The van der Waals surface area contributed by atoms with Gasteiger partial charge < -0.3 is 0 Å². The highest BCUT2D eigenvalue weighted by atomic mass is 32.2. The molecule has 0 amide bonds. The first-order valence-electron chi connectivity index (χ1n) is 6.30. The Morgan fingerprint density at radius 2 is 1.91 bits per heavy atom. The highest BCUT2D eigenvalue weighted by Gasteiger charge is 2.31. The molecule has 0 saturated carbocycles. The van der Waals surface area contributed by atoms with Gasteiger partial charge in [0.25, 0.3) is 0 Å². The van der Waals surface area contributed by atoms with Crippen LogP contribution in [0.5, 0.6) is 0 Å². The van der Waals surface area contributed by atoms with Crippen molar-refractivity contribution in [3.8, 4) is 0 Å². The molecule has 1 aromatic heterocycles. The van der Waals surface area contributed by atoms with Gasteiger partial charge in [0.2, 0.25) is 10.0 Å². The molecule has 0 aliphatic heterocycles. The fourth-order valence-corrected chi connectivity index (χ4v) is 3.12. The van der Waals surface area contributed by atoms with Crippen LogP contribution >= 0.6 is 0 Å². The Balaban J connectivity index is 2.28. The van der Waals surface area contributed by atoms with Gasteiger partial charge in [-0.1, -0.05) is 12.1 Å². The molecule has 1 N–H and O–H groups in total. The molecule has 0 spiro atoms. The number of hydrogen-bond acceptors (Lipinski definition) is 3. The van der Waals surface area contributed by atoms with Crippen LogP contribution in [0.3, 0.4) is 0 Å². The fraction of sp³-hybridized carbons (Fsp3) is 0.214. The summed E-state index contributed by atoms with van der Waals surface area (Å²) in [5.74, 6) is 0. The van der Waals surface area contributed by atoms with Gasteiger partial charge in [0.15, 0.2) is 0 Å². The summed E-state index contributed by atoms with van der Waals surface area (Å²) in [6.45, 7) is 1.59. The van der Waals surface area contributed by atoms with Gasteiger partial charge >= 0.3 is 6.18 Å². The predicted octanol–water partition coefficient (Wildman–Crippen LogP) is 3.14. The quantitative estimate of drug-likeness (QED) is 0.937. The summed E-state index contributed by atoms with van der Waals surface area (Å²) in [6.07, 6.45) is -1.57. The molecule has 22 heavy (non-hydrogen) atoms. The number of alkyl halides is 3. The van der Waals surface area contributed by atoms with Gasteiger partial charge in [0, 0.05) is 18.4 Å². The van der Waals surface area contributed by atoms with E-state index in [4.69, 9.17) is 0 Å². The molecule has 1 atom stereocenters. The number of benzene rings is 1. The highest BCUT2D eigenvalue weighted by Crippen LogP contribution is 2.30. The molecule has 2 aromatic rings. The molecule has 1 heterocycles. The second-order valence-electron chi connectivity index (χ2n) is 4.65. The molecule has 8 heteroatoms. The lowest BCUT2D eigenvalue weighted by Gasteiger charge is -2.15. The number of nitrogens with zero attached hydrogens (tertiary/aromatic N) is 1. The molecule has 0 unspecified atom stereocenters. The SMILES string of the molecule is C[C@H](NS(=O)(=O)c1cccc(C(F)(F)F)c1)c1cccnc1. The molecule has 0 fully saturated rings. The normalized spacial score (nSPS) is 13.8. The van der Waals surface area contributed by atoms with Crippen molar-refractivity contribution in [3.05, 3.63) is 59.9 Å². The molecule has 0 radical (unpaired) electrons. The summed E-state index contributed by atoms with van der Waals surface area (Å²) in [6, 6.07) is 6.31. The van der Waals surface area contributed by atoms with Crippen LogP contribution in [0, 0.1) is 0 Å². The smallest absolute Gasteiger partial charge is 0.264 e. The minimum absolute atomic E-state index is 0.432. The van der Waals surface area contributed by atoms with Crippen molar-refractivity contribution in [1.29, 1.82) is 0 Å². The third-order valence-electron chi connectivity index (χ3n) is 2.99. The van der Waals surface area contributed by atoms with Gasteiger partial charge in [-0.25, -0.2) is 13.1 Å². The Bertz CT molecular complexity index is 746. The second kappa shape index (κ2) is 6.05. The third-order valence-corrected chi connectivity index (χ3v) is 4.53. The van der Waals surface area contributed by atoms with Crippen molar-refractivity contribution in [2.45, 2.75) is 24.0 Å². The van der Waals surface area contributed by atoms with Gasteiger partial charge in [-0.3, -0.25) is 4.98 Å². The highest BCUT2D eigenvalue weighted by molar-refractivity contribution is 7.89. The van der Waals surface area contributed by atoms with Crippen LogP contribution in [0.15, 0.2) is 53.7 Å². The Morgan fingerprint density at radius 1 is 1.18 bits per heavy atom.